The smallest absolute Gasteiger partial charge is 0.328 e. The molecule has 0 saturated carbocycles. The van der Waals surface area contributed by atoms with E-state index in [2.05, 4.69) is 75.4 Å². The second kappa shape index (κ2) is 13.7. The molecule has 0 unspecified atom stereocenters. The fourth-order valence-electron chi connectivity index (χ4n) is 4.19. The van der Waals surface area contributed by atoms with Gasteiger partial charge in [-0.3, -0.25) is 4.90 Å². The van der Waals surface area contributed by atoms with E-state index in [9.17, 15) is 9.59 Å². The van der Waals surface area contributed by atoms with Crippen molar-refractivity contribution >= 4 is 34.1 Å². The van der Waals surface area contributed by atoms with Gasteiger partial charge in [0, 0.05) is 45.4 Å². The molecule has 0 fully saturated rings. The number of carbonyl (C=O) groups is 2. The van der Waals surface area contributed by atoms with Crippen molar-refractivity contribution in [2.75, 3.05) is 45.2 Å². The molecule has 1 aromatic heterocycles. The Labute approximate surface area is 216 Å². The van der Waals surface area contributed by atoms with Gasteiger partial charge in [0.1, 0.15) is 6.33 Å². The summed E-state index contributed by atoms with van der Waals surface area (Å²) < 4.78 is 5.36. The third kappa shape index (κ3) is 8.15. The molecule has 4 rings (SSSR count). The molecule has 0 atom stereocenters. The lowest BCUT2D eigenvalue weighted by atomic mass is 9.94. The molecule has 2 heterocycles. The topological polar surface area (TPSA) is 116 Å². The number of carboxylic acids is 2. The van der Waals surface area contributed by atoms with Gasteiger partial charge in [-0.25, -0.2) is 19.6 Å². The molecule has 1 aliphatic heterocycles. The van der Waals surface area contributed by atoms with E-state index in [4.69, 9.17) is 14.9 Å². The molecule has 0 spiro atoms. The van der Waals surface area contributed by atoms with Gasteiger partial charge in [-0.1, -0.05) is 48.5 Å². The minimum Gasteiger partial charge on any atom is -0.491 e. The molecule has 9 heteroatoms. The van der Waals surface area contributed by atoms with E-state index in [0.717, 1.165) is 50.6 Å². The number of fused-ring (bicyclic) bond motifs is 1. The predicted molar refractivity (Wildman–Crippen MR) is 144 cm³/mol. The molecule has 0 radical (unpaired) electrons. The number of rotatable bonds is 9. The first-order chi connectivity index (χ1) is 17.9. The number of aliphatic carboxylic acids is 2. The van der Waals surface area contributed by atoms with Crippen LogP contribution in [0.2, 0.25) is 0 Å². The Hall–Kier alpha value is -4.24. The third-order valence-corrected chi connectivity index (χ3v) is 6.01. The van der Waals surface area contributed by atoms with Crippen LogP contribution in [0, 0.1) is 0 Å². The highest BCUT2D eigenvalue weighted by molar-refractivity contribution is 5.94. The van der Waals surface area contributed by atoms with Gasteiger partial charge in [0.05, 0.1) is 13.3 Å². The first-order valence-electron chi connectivity index (χ1n) is 12.0. The minimum atomic E-state index is -1.26. The van der Waals surface area contributed by atoms with Crippen LogP contribution in [0.3, 0.4) is 0 Å². The van der Waals surface area contributed by atoms with Crippen molar-refractivity contribution in [1.29, 1.82) is 0 Å². The van der Waals surface area contributed by atoms with Gasteiger partial charge in [-0.2, -0.15) is 0 Å². The van der Waals surface area contributed by atoms with Crippen LogP contribution in [0.5, 0.6) is 5.75 Å². The first kappa shape index (κ1) is 27.3. The molecular formula is C28H32N4O5. The van der Waals surface area contributed by atoms with Crippen molar-refractivity contribution in [3.8, 4) is 5.75 Å². The molecule has 194 valence electrons. The van der Waals surface area contributed by atoms with Gasteiger partial charge >= 0.3 is 11.9 Å². The summed E-state index contributed by atoms with van der Waals surface area (Å²) in [5.41, 5.74) is 2.86. The Balaban J connectivity index is 0.000000414. The van der Waals surface area contributed by atoms with Crippen molar-refractivity contribution in [2.24, 2.45) is 0 Å². The second-order valence-electron chi connectivity index (χ2n) is 8.51. The summed E-state index contributed by atoms with van der Waals surface area (Å²) in [5, 5.41) is 18.3. The number of hydrogen-bond acceptors (Lipinski definition) is 7. The fourth-order valence-corrected chi connectivity index (χ4v) is 4.19. The minimum absolute atomic E-state index is 0.558. The number of ether oxygens (including phenoxy) is 1. The molecule has 9 nitrogen and oxygen atoms in total. The number of nitrogens with zero attached hydrogens (tertiary/aromatic N) is 4. The van der Waals surface area contributed by atoms with Crippen LogP contribution < -0.4 is 9.64 Å². The Morgan fingerprint density at radius 2 is 1.84 bits per heavy atom. The van der Waals surface area contributed by atoms with Crippen molar-refractivity contribution in [3.63, 3.8) is 0 Å². The molecule has 1 aliphatic rings. The summed E-state index contributed by atoms with van der Waals surface area (Å²) in [4.78, 5) is 32.2. The third-order valence-electron chi connectivity index (χ3n) is 6.01. The molecular weight excluding hydrogens is 472 g/mol. The number of benzene rings is 2. The van der Waals surface area contributed by atoms with Gasteiger partial charge < -0.3 is 19.8 Å². The Bertz CT molecular complexity index is 1250. The lowest BCUT2D eigenvalue weighted by molar-refractivity contribution is -0.134. The zero-order valence-electron chi connectivity index (χ0n) is 21.1. The number of carboxylic acid groups (broad SMARTS) is 2. The fraction of sp³-hybridized carbons (Fsp3) is 0.286. The molecule has 2 aromatic carbocycles. The van der Waals surface area contributed by atoms with Crippen molar-refractivity contribution in [1.82, 2.24) is 14.9 Å². The van der Waals surface area contributed by atoms with Gasteiger partial charge in [-0.05, 0) is 34.8 Å². The number of methoxy groups -OCH3 is 1. The van der Waals surface area contributed by atoms with Crippen molar-refractivity contribution in [3.05, 3.63) is 78.8 Å². The summed E-state index contributed by atoms with van der Waals surface area (Å²) in [6, 6.07) is 15.3. The van der Waals surface area contributed by atoms with Crippen LogP contribution in [-0.2, 0) is 9.59 Å². The zero-order chi connectivity index (χ0) is 26.6. The second-order valence-corrected chi connectivity index (χ2v) is 8.51. The Morgan fingerprint density at radius 1 is 1.11 bits per heavy atom. The van der Waals surface area contributed by atoms with Crippen LogP contribution in [-0.4, -0.2) is 77.4 Å². The molecule has 0 aliphatic carbocycles. The number of aromatic nitrogens is 2. The summed E-state index contributed by atoms with van der Waals surface area (Å²) >= 11 is 0. The molecule has 0 amide bonds. The van der Waals surface area contributed by atoms with Crippen LogP contribution in [0.4, 0.5) is 5.82 Å². The normalized spacial score (nSPS) is 13.5. The Morgan fingerprint density at radius 3 is 2.51 bits per heavy atom. The maximum Gasteiger partial charge on any atom is 0.328 e. The Kier molecular flexibility index (Phi) is 10.2. The van der Waals surface area contributed by atoms with E-state index in [-0.39, 0.29) is 0 Å². The monoisotopic (exact) mass is 504 g/mol. The molecule has 2 N–H and O–H groups in total. The number of hydrogen-bond donors (Lipinski definition) is 2. The van der Waals surface area contributed by atoms with Gasteiger partial charge in [0.15, 0.2) is 11.6 Å². The maximum absolute atomic E-state index is 9.55. The predicted octanol–water partition coefficient (Wildman–Crippen LogP) is 3.97. The molecule has 3 aromatic rings. The quantitative estimate of drug-likeness (QED) is 0.418. The van der Waals surface area contributed by atoms with Crippen LogP contribution in [0.25, 0.3) is 16.3 Å². The van der Waals surface area contributed by atoms with Crippen LogP contribution >= 0.6 is 0 Å². The van der Waals surface area contributed by atoms with E-state index >= 15 is 0 Å². The van der Waals surface area contributed by atoms with Crippen molar-refractivity contribution in [2.45, 2.75) is 12.8 Å². The van der Waals surface area contributed by atoms with E-state index in [1.807, 2.05) is 0 Å². The van der Waals surface area contributed by atoms with E-state index in [1.165, 1.54) is 21.9 Å². The number of anilines is 1. The molecule has 0 bridgehead atoms. The maximum atomic E-state index is 9.55. The van der Waals surface area contributed by atoms with Crippen LogP contribution in [0.15, 0.2) is 73.2 Å². The van der Waals surface area contributed by atoms with Gasteiger partial charge in [0.25, 0.3) is 0 Å². The summed E-state index contributed by atoms with van der Waals surface area (Å²) in [7, 11) is 3.71. The average Bonchev–Trinajstić information content (AvgIpc) is 2.92. The molecule has 37 heavy (non-hydrogen) atoms. The average molecular weight is 505 g/mol. The highest BCUT2D eigenvalue weighted by Crippen LogP contribution is 2.29. The standard InChI is InChI=1S/C24H28N4O.C4H4O4/c1-27(24-23(29-2)17-25-18-26-24)13-6-14-28-15-11-20(12-16-28)22-10-5-8-19-7-3-4-9-21(19)22;5-3(6)1-2-4(7)8/h3-5,7-11,17-18H,6,12-16H2,1-2H3;1-2H,(H,5,6)(H,7,8)/b;2-1+. The summed E-state index contributed by atoms with van der Waals surface area (Å²) in [6.45, 7) is 4.13. The highest BCUT2D eigenvalue weighted by atomic mass is 16.5. The SMILES string of the molecule is COc1cncnc1N(C)CCCN1CC=C(c2cccc3ccccc23)CC1.O=C(O)/C=C/C(=O)O. The lowest BCUT2D eigenvalue weighted by Gasteiger charge is -2.28. The van der Waals surface area contributed by atoms with E-state index < -0.39 is 11.9 Å². The van der Waals surface area contributed by atoms with Gasteiger partial charge in [-0.15, -0.1) is 0 Å². The first-order valence-corrected chi connectivity index (χ1v) is 12.0. The van der Waals surface area contributed by atoms with E-state index in [0.29, 0.717) is 12.2 Å². The largest absolute Gasteiger partial charge is 0.491 e. The summed E-state index contributed by atoms with van der Waals surface area (Å²) in [5.74, 6) is -0.949. The highest BCUT2D eigenvalue weighted by Gasteiger charge is 2.15. The summed E-state index contributed by atoms with van der Waals surface area (Å²) in [6.07, 6.45) is 8.99. The van der Waals surface area contributed by atoms with E-state index in [1.54, 1.807) is 19.6 Å². The molecule has 0 saturated heterocycles. The zero-order valence-corrected chi connectivity index (χ0v) is 21.1. The van der Waals surface area contributed by atoms with Crippen molar-refractivity contribution < 1.29 is 24.5 Å². The lowest BCUT2D eigenvalue weighted by Crippen LogP contribution is -2.32. The van der Waals surface area contributed by atoms with Crippen LogP contribution in [0.1, 0.15) is 18.4 Å². The van der Waals surface area contributed by atoms with Gasteiger partial charge in [0.2, 0.25) is 0 Å².